The number of esters is 1. The number of carbonyl (C=O) groups excluding carboxylic acids is 1. The topological polar surface area (TPSA) is 73.3 Å². The third kappa shape index (κ3) is 6.56. The fourth-order valence-electron chi connectivity index (χ4n) is 3.45. The molecule has 0 unspecified atom stereocenters. The van der Waals surface area contributed by atoms with E-state index in [1.54, 1.807) is 18.4 Å². The first-order chi connectivity index (χ1) is 15.5. The van der Waals surface area contributed by atoms with Crippen molar-refractivity contribution in [1.82, 2.24) is 9.97 Å². The molecule has 0 aliphatic carbocycles. The average molecular weight is 476 g/mol. The molecular formula is C24H30ClN3O3S. The Bertz CT molecular complexity index is 1050. The van der Waals surface area contributed by atoms with Gasteiger partial charge in [-0.05, 0) is 43.0 Å². The summed E-state index contributed by atoms with van der Waals surface area (Å²) in [6.45, 7) is 2.76. The van der Waals surface area contributed by atoms with E-state index in [2.05, 4.69) is 23.0 Å². The molecule has 1 aromatic carbocycles. The van der Waals surface area contributed by atoms with Crippen LogP contribution in [0.3, 0.4) is 0 Å². The molecule has 2 heterocycles. The van der Waals surface area contributed by atoms with E-state index in [-0.39, 0.29) is 5.97 Å². The quantitative estimate of drug-likeness (QED) is 0.248. The lowest BCUT2D eigenvalue weighted by Crippen LogP contribution is -2.05. The summed E-state index contributed by atoms with van der Waals surface area (Å²) in [5, 5.41) is 5.14. The van der Waals surface area contributed by atoms with Crippen LogP contribution in [-0.2, 0) is 28.9 Å². The lowest BCUT2D eigenvalue weighted by molar-refractivity contribution is -0.140. The highest BCUT2D eigenvalue weighted by Gasteiger charge is 2.12. The molecule has 1 N–H and O–H groups in total. The van der Waals surface area contributed by atoms with Crippen molar-refractivity contribution in [1.29, 1.82) is 0 Å². The van der Waals surface area contributed by atoms with Gasteiger partial charge in [0.25, 0.3) is 0 Å². The maximum absolute atomic E-state index is 11.2. The number of thiophene rings is 1. The number of nitrogens with zero attached hydrogens (tertiary/aromatic N) is 2. The van der Waals surface area contributed by atoms with Crippen molar-refractivity contribution >= 4 is 44.9 Å². The van der Waals surface area contributed by atoms with Crippen LogP contribution in [0.25, 0.3) is 10.2 Å². The maximum Gasteiger partial charge on any atom is 0.305 e. The number of hydrogen-bond donors (Lipinski definition) is 1. The molecule has 0 bridgehead atoms. The number of nitrogens with one attached hydrogen (secondary N) is 1. The average Bonchev–Trinajstić information content (AvgIpc) is 3.23. The van der Waals surface area contributed by atoms with Crippen molar-refractivity contribution in [3.8, 4) is 5.75 Å². The van der Waals surface area contributed by atoms with Gasteiger partial charge in [0.05, 0.1) is 24.6 Å². The van der Waals surface area contributed by atoms with E-state index in [1.807, 2.05) is 18.2 Å². The first-order valence-corrected chi connectivity index (χ1v) is 12.2. The molecule has 0 aliphatic heterocycles. The highest BCUT2D eigenvalue weighted by molar-refractivity contribution is 7.18. The van der Waals surface area contributed by atoms with E-state index >= 15 is 0 Å². The van der Waals surface area contributed by atoms with Gasteiger partial charge < -0.3 is 14.8 Å². The fraction of sp³-hybridized carbons (Fsp3) is 0.458. The van der Waals surface area contributed by atoms with Gasteiger partial charge in [-0.1, -0.05) is 37.4 Å². The van der Waals surface area contributed by atoms with Gasteiger partial charge in [-0.2, -0.15) is 0 Å². The molecule has 0 atom stereocenters. The minimum Gasteiger partial charge on any atom is -0.495 e. The standard InChI is InChI=1S/C24H30ClN3O3S/c1-4-17-14-18-23(26-15-16-11-12-20(30-2)19(25)13-16)27-21(28-24(18)32-17)9-7-5-6-8-10-22(29)31-3/h11-14H,4-10,15H2,1-3H3,(H,26,27,28). The minimum atomic E-state index is -0.142. The zero-order valence-corrected chi connectivity index (χ0v) is 20.4. The first-order valence-electron chi connectivity index (χ1n) is 11.0. The number of aromatic nitrogens is 2. The molecule has 172 valence electrons. The Morgan fingerprint density at radius 2 is 1.94 bits per heavy atom. The zero-order valence-electron chi connectivity index (χ0n) is 18.9. The van der Waals surface area contributed by atoms with Crippen molar-refractivity contribution in [2.45, 2.75) is 58.4 Å². The van der Waals surface area contributed by atoms with Gasteiger partial charge in [-0.25, -0.2) is 9.97 Å². The van der Waals surface area contributed by atoms with E-state index in [4.69, 9.17) is 26.3 Å². The largest absolute Gasteiger partial charge is 0.495 e. The van der Waals surface area contributed by atoms with Crippen LogP contribution in [0.2, 0.25) is 5.02 Å². The number of fused-ring (bicyclic) bond motifs is 1. The Kier molecular flexibility index (Phi) is 9.11. The second-order valence-corrected chi connectivity index (χ2v) is 9.11. The SMILES string of the molecule is CCc1cc2c(NCc3ccc(OC)c(Cl)c3)nc(CCCCCCC(=O)OC)nc2s1. The van der Waals surface area contributed by atoms with Crippen molar-refractivity contribution < 1.29 is 14.3 Å². The minimum absolute atomic E-state index is 0.142. The summed E-state index contributed by atoms with van der Waals surface area (Å²) in [6, 6.07) is 7.96. The smallest absolute Gasteiger partial charge is 0.305 e. The van der Waals surface area contributed by atoms with Crippen LogP contribution in [0.4, 0.5) is 5.82 Å². The van der Waals surface area contributed by atoms with E-state index < -0.39 is 0 Å². The monoisotopic (exact) mass is 475 g/mol. The molecule has 3 rings (SSSR count). The van der Waals surface area contributed by atoms with Gasteiger partial charge in [0.1, 0.15) is 22.2 Å². The van der Waals surface area contributed by atoms with Crippen molar-refractivity contribution in [2.75, 3.05) is 19.5 Å². The maximum atomic E-state index is 11.2. The molecule has 0 radical (unpaired) electrons. The highest BCUT2D eigenvalue weighted by Crippen LogP contribution is 2.31. The normalized spacial score (nSPS) is 11.0. The third-order valence-corrected chi connectivity index (χ3v) is 6.74. The van der Waals surface area contributed by atoms with Crippen LogP contribution < -0.4 is 10.1 Å². The molecule has 32 heavy (non-hydrogen) atoms. The molecule has 0 aliphatic rings. The lowest BCUT2D eigenvalue weighted by Gasteiger charge is -2.10. The summed E-state index contributed by atoms with van der Waals surface area (Å²) >= 11 is 8.00. The second-order valence-electron chi connectivity index (χ2n) is 7.59. The zero-order chi connectivity index (χ0) is 22.9. The molecule has 0 saturated carbocycles. The number of anilines is 1. The van der Waals surface area contributed by atoms with Crippen molar-refractivity contribution in [3.05, 3.63) is 45.6 Å². The van der Waals surface area contributed by atoms with E-state index in [0.29, 0.717) is 23.7 Å². The van der Waals surface area contributed by atoms with Crippen LogP contribution in [0.1, 0.15) is 55.3 Å². The first kappa shape index (κ1) is 24.3. The Morgan fingerprint density at radius 1 is 1.12 bits per heavy atom. The molecule has 3 aromatic rings. The molecule has 0 saturated heterocycles. The third-order valence-electron chi connectivity index (χ3n) is 5.27. The summed E-state index contributed by atoms with van der Waals surface area (Å²) in [5.41, 5.74) is 1.06. The number of rotatable bonds is 12. The van der Waals surface area contributed by atoms with Crippen LogP contribution in [-0.4, -0.2) is 30.2 Å². The molecular weight excluding hydrogens is 446 g/mol. The van der Waals surface area contributed by atoms with Gasteiger partial charge in [0.15, 0.2) is 0 Å². The van der Waals surface area contributed by atoms with E-state index in [0.717, 1.165) is 65.9 Å². The lowest BCUT2D eigenvalue weighted by atomic mass is 10.1. The van der Waals surface area contributed by atoms with E-state index in [9.17, 15) is 4.79 Å². The molecule has 0 fully saturated rings. The molecule has 0 spiro atoms. The van der Waals surface area contributed by atoms with Crippen LogP contribution >= 0.6 is 22.9 Å². The summed E-state index contributed by atoms with van der Waals surface area (Å²) in [7, 11) is 3.04. The number of benzene rings is 1. The molecule has 6 nitrogen and oxygen atoms in total. The Hall–Kier alpha value is -2.38. The van der Waals surface area contributed by atoms with Crippen LogP contribution in [0, 0.1) is 0 Å². The Morgan fingerprint density at radius 3 is 2.66 bits per heavy atom. The number of unbranched alkanes of at least 4 members (excludes halogenated alkanes) is 3. The number of aryl methyl sites for hydroxylation is 2. The van der Waals surface area contributed by atoms with Crippen LogP contribution in [0.15, 0.2) is 24.3 Å². The predicted octanol–water partition coefficient (Wildman–Crippen LogP) is 6.19. The summed E-state index contributed by atoms with van der Waals surface area (Å²) in [5.74, 6) is 2.24. The second kappa shape index (κ2) is 12.0. The summed E-state index contributed by atoms with van der Waals surface area (Å²) in [6.07, 6.45) is 6.16. The summed E-state index contributed by atoms with van der Waals surface area (Å²) in [4.78, 5) is 23.2. The van der Waals surface area contributed by atoms with Gasteiger partial charge in [-0.3, -0.25) is 4.79 Å². The Labute approximate surface area is 198 Å². The number of carbonyl (C=O) groups is 1. The molecule has 0 amide bonds. The number of methoxy groups -OCH3 is 2. The number of halogens is 1. The van der Waals surface area contributed by atoms with Crippen molar-refractivity contribution in [2.24, 2.45) is 0 Å². The van der Waals surface area contributed by atoms with Gasteiger partial charge in [0.2, 0.25) is 0 Å². The van der Waals surface area contributed by atoms with Gasteiger partial charge in [-0.15, -0.1) is 11.3 Å². The molecule has 2 aromatic heterocycles. The highest BCUT2D eigenvalue weighted by atomic mass is 35.5. The number of hydrogen-bond acceptors (Lipinski definition) is 7. The predicted molar refractivity (Wildman–Crippen MR) is 131 cm³/mol. The fourth-order valence-corrected chi connectivity index (χ4v) is 4.72. The Balaban J connectivity index is 1.67. The number of ether oxygens (including phenoxy) is 2. The van der Waals surface area contributed by atoms with Gasteiger partial charge in [0, 0.05) is 24.3 Å². The summed E-state index contributed by atoms with van der Waals surface area (Å²) < 4.78 is 9.92. The van der Waals surface area contributed by atoms with Gasteiger partial charge >= 0.3 is 5.97 Å². The van der Waals surface area contributed by atoms with Crippen molar-refractivity contribution in [3.63, 3.8) is 0 Å². The molecule has 8 heteroatoms. The van der Waals surface area contributed by atoms with E-state index in [1.165, 1.54) is 12.0 Å². The van der Waals surface area contributed by atoms with Crippen LogP contribution in [0.5, 0.6) is 5.75 Å².